The van der Waals surface area contributed by atoms with Crippen LogP contribution in [0.5, 0.6) is 11.5 Å². The number of ether oxygens (including phenoxy) is 2. The van der Waals surface area contributed by atoms with E-state index in [9.17, 15) is 14.0 Å². The Morgan fingerprint density at radius 2 is 1.78 bits per heavy atom. The molecule has 0 bridgehead atoms. The average Bonchev–Trinajstić information content (AvgIpc) is 2.63. The van der Waals surface area contributed by atoms with Gasteiger partial charge in [-0.3, -0.25) is 20.4 Å². The van der Waals surface area contributed by atoms with Crippen LogP contribution in [0.1, 0.15) is 12.8 Å². The number of hydrogen-bond donors (Lipinski definition) is 2. The first-order chi connectivity index (χ1) is 12.9. The lowest BCUT2D eigenvalue weighted by Crippen LogP contribution is -2.43. The molecule has 0 aromatic heterocycles. The van der Waals surface area contributed by atoms with Crippen LogP contribution >= 0.6 is 23.2 Å². The molecule has 0 aliphatic rings. The van der Waals surface area contributed by atoms with Gasteiger partial charge in [0.1, 0.15) is 17.3 Å². The normalized spacial score (nSPS) is 10.2. The van der Waals surface area contributed by atoms with Crippen molar-refractivity contribution in [1.29, 1.82) is 0 Å². The summed E-state index contributed by atoms with van der Waals surface area (Å²) in [6.45, 7) is -0.0900. The monoisotopic (exact) mass is 414 g/mol. The number of amides is 2. The smallest absolute Gasteiger partial charge is 0.276 e. The minimum atomic E-state index is -0.572. The number of hydrazine groups is 1. The lowest BCUT2D eigenvalue weighted by atomic mass is 10.3. The van der Waals surface area contributed by atoms with E-state index in [1.165, 1.54) is 18.2 Å². The summed E-state index contributed by atoms with van der Waals surface area (Å²) in [4.78, 5) is 23.3. The Labute approximate surface area is 165 Å². The van der Waals surface area contributed by atoms with Gasteiger partial charge in [-0.15, -0.1) is 0 Å². The SMILES string of the molecule is O=C(CCCOc1ccc(Cl)cc1Cl)NNC(=O)COc1cccc(F)c1. The molecule has 0 fully saturated rings. The molecule has 0 heterocycles. The van der Waals surface area contributed by atoms with Gasteiger partial charge in [0.15, 0.2) is 6.61 Å². The van der Waals surface area contributed by atoms with E-state index in [-0.39, 0.29) is 31.3 Å². The molecule has 0 atom stereocenters. The molecule has 0 radical (unpaired) electrons. The molecule has 2 rings (SSSR count). The van der Waals surface area contributed by atoms with Crippen molar-refractivity contribution >= 4 is 35.0 Å². The largest absolute Gasteiger partial charge is 0.492 e. The third-order valence-corrected chi connectivity index (χ3v) is 3.74. The molecule has 0 spiro atoms. The van der Waals surface area contributed by atoms with Crippen molar-refractivity contribution in [2.45, 2.75) is 12.8 Å². The van der Waals surface area contributed by atoms with Crippen molar-refractivity contribution in [3.05, 3.63) is 58.3 Å². The van der Waals surface area contributed by atoms with E-state index in [0.29, 0.717) is 22.2 Å². The summed E-state index contributed by atoms with van der Waals surface area (Å²) in [5.74, 6) is -0.737. The Kier molecular flexibility index (Phi) is 8.16. The molecule has 0 saturated carbocycles. The highest BCUT2D eigenvalue weighted by atomic mass is 35.5. The second kappa shape index (κ2) is 10.6. The lowest BCUT2D eigenvalue weighted by Gasteiger charge is -2.10. The molecule has 6 nitrogen and oxygen atoms in total. The highest BCUT2D eigenvalue weighted by Gasteiger charge is 2.07. The first kappa shape index (κ1) is 20.8. The van der Waals surface area contributed by atoms with Crippen molar-refractivity contribution in [2.24, 2.45) is 0 Å². The molecule has 27 heavy (non-hydrogen) atoms. The fraction of sp³-hybridized carbons (Fsp3) is 0.222. The fourth-order valence-electron chi connectivity index (χ4n) is 1.95. The molecule has 2 amide bonds. The number of benzene rings is 2. The number of hydrogen-bond acceptors (Lipinski definition) is 4. The second-order valence-electron chi connectivity index (χ2n) is 5.37. The first-order valence-electron chi connectivity index (χ1n) is 7.98. The molecule has 2 aromatic carbocycles. The highest BCUT2D eigenvalue weighted by Crippen LogP contribution is 2.27. The van der Waals surface area contributed by atoms with Crippen LogP contribution < -0.4 is 20.3 Å². The number of rotatable bonds is 8. The van der Waals surface area contributed by atoms with E-state index in [2.05, 4.69) is 10.9 Å². The maximum Gasteiger partial charge on any atom is 0.276 e. The highest BCUT2D eigenvalue weighted by molar-refractivity contribution is 6.35. The fourth-order valence-corrected chi connectivity index (χ4v) is 2.41. The molecule has 0 unspecified atom stereocenters. The lowest BCUT2D eigenvalue weighted by molar-refractivity contribution is -0.130. The summed E-state index contributed by atoms with van der Waals surface area (Å²) >= 11 is 11.8. The molecular weight excluding hydrogens is 398 g/mol. The van der Waals surface area contributed by atoms with Crippen molar-refractivity contribution in [1.82, 2.24) is 10.9 Å². The van der Waals surface area contributed by atoms with Crippen LogP contribution in [-0.2, 0) is 9.59 Å². The predicted octanol–water partition coefficient (Wildman–Crippen LogP) is 3.52. The minimum absolute atomic E-state index is 0.135. The van der Waals surface area contributed by atoms with Gasteiger partial charge < -0.3 is 9.47 Å². The Balaban J connectivity index is 1.59. The minimum Gasteiger partial charge on any atom is -0.492 e. The van der Waals surface area contributed by atoms with Crippen LogP contribution in [-0.4, -0.2) is 25.0 Å². The van der Waals surface area contributed by atoms with Gasteiger partial charge in [0.2, 0.25) is 5.91 Å². The molecule has 0 aliphatic carbocycles. The molecule has 9 heteroatoms. The van der Waals surface area contributed by atoms with Gasteiger partial charge in [0.05, 0.1) is 11.6 Å². The topological polar surface area (TPSA) is 76.7 Å². The van der Waals surface area contributed by atoms with Crippen LogP contribution in [0.15, 0.2) is 42.5 Å². The van der Waals surface area contributed by atoms with Crippen molar-refractivity contribution in [3.8, 4) is 11.5 Å². The van der Waals surface area contributed by atoms with Crippen LogP contribution in [0.4, 0.5) is 4.39 Å². The van der Waals surface area contributed by atoms with Crippen LogP contribution in [0.25, 0.3) is 0 Å². The third-order valence-electron chi connectivity index (χ3n) is 3.21. The first-order valence-corrected chi connectivity index (χ1v) is 8.73. The zero-order valence-corrected chi connectivity index (χ0v) is 15.6. The molecular formula is C18H17Cl2FN2O4. The van der Waals surface area contributed by atoms with E-state index in [4.69, 9.17) is 32.7 Å². The van der Waals surface area contributed by atoms with Gasteiger partial charge in [-0.05, 0) is 36.8 Å². The van der Waals surface area contributed by atoms with Crippen molar-refractivity contribution in [3.63, 3.8) is 0 Å². The summed E-state index contributed by atoms with van der Waals surface area (Å²) in [6.07, 6.45) is 0.552. The Bertz CT molecular complexity index is 805. The molecule has 2 aromatic rings. The van der Waals surface area contributed by atoms with Gasteiger partial charge in [-0.25, -0.2) is 4.39 Å². The van der Waals surface area contributed by atoms with E-state index in [1.54, 1.807) is 18.2 Å². The maximum absolute atomic E-state index is 13.0. The van der Waals surface area contributed by atoms with Gasteiger partial charge in [0, 0.05) is 17.5 Å². The van der Waals surface area contributed by atoms with Crippen LogP contribution in [0.2, 0.25) is 10.0 Å². The summed E-state index contributed by atoms with van der Waals surface area (Å²) in [5, 5.41) is 0.890. The van der Waals surface area contributed by atoms with Crippen LogP contribution in [0, 0.1) is 5.82 Å². The molecule has 144 valence electrons. The van der Waals surface area contributed by atoms with E-state index < -0.39 is 11.7 Å². The number of halogens is 3. The predicted molar refractivity (Wildman–Crippen MR) is 99.4 cm³/mol. The summed E-state index contributed by atoms with van der Waals surface area (Å²) in [7, 11) is 0. The Morgan fingerprint density at radius 1 is 1.00 bits per heavy atom. The standard InChI is InChI=1S/C18H17Cl2FN2O4/c19-12-6-7-16(15(20)9-12)26-8-2-5-17(24)22-23-18(25)11-27-14-4-1-3-13(21)10-14/h1,3-4,6-7,9-10H,2,5,8,11H2,(H,22,24)(H,23,25). The zero-order valence-electron chi connectivity index (χ0n) is 14.1. The summed E-state index contributed by atoms with van der Waals surface area (Å²) in [6, 6.07) is 10.2. The van der Waals surface area contributed by atoms with Gasteiger partial charge >= 0.3 is 0 Å². The molecule has 0 aliphatic heterocycles. The average molecular weight is 415 g/mol. The van der Waals surface area contributed by atoms with E-state index in [1.807, 2.05) is 0 Å². The molecule has 2 N–H and O–H groups in total. The molecule has 0 saturated heterocycles. The van der Waals surface area contributed by atoms with E-state index >= 15 is 0 Å². The van der Waals surface area contributed by atoms with Crippen molar-refractivity contribution < 1.29 is 23.5 Å². The van der Waals surface area contributed by atoms with Crippen LogP contribution in [0.3, 0.4) is 0 Å². The third kappa shape index (κ3) is 7.72. The van der Waals surface area contributed by atoms with E-state index in [0.717, 1.165) is 6.07 Å². The van der Waals surface area contributed by atoms with Gasteiger partial charge in [-0.1, -0.05) is 29.3 Å². The zero-order chi connectivity index (χ0) is 19.6. The second-order valence-corrected chi connectivity index (χ2v) is 6.21. The maximum atomic E-state index is 13.0. The number of carbonyl (C=O) groups excluding carboxylic acids is 2. The van der Waals surface area contributed by atoms with Crippen molar-refractivity contribution in [2.75, 3.05) is 13.2 Å². The van der Waals surface area contributed by atoms with Gasteiger partial charge in [0.25, 0.3) is 5.91 Å². The van der Waals surface area contributed by atoms with Gasteiger partial charge in [-0.2, -0.15) is 0 Å². The summed E-state index contributed by atoms with van der Waals surface area (Å²) < 4.78 is 23.5. The number of nitrogens with one attached hydrogen (secondary N) is 2. The Hall–Kier alpha value is -2.51. The number of carbonyl (C=O) groups is 2. The quantitative estimate of drug-likeness (QED) is 0.511. The Morgan fingerprint density at radius 3 is 2.52 bits per heavy atom. The summed E-state index contributed by atoms with van der Waals surface area (Å²) in [5.41, 5.74) is 4.46.